The lowest BCUT2D eigenvalue weighted by atomic mass is 10.1. The van der Waals surface area contributed by atoms with Crippen molar-refractivity contribution in [2.75, 3.05) is 0 Å². The molecule has 2 aromatic carbocycles. The van der Waals surface area contributed by atoms with Gasteiger partial charge in [-0.2, -0.15) is 11.9 Å². The van der Waals surface area contributed by atoms with Crippen molar-refractivity contribution in [3.05, 3.63) is 76.6 Å². The molecule has 1 aliphatic heterocycles. The van der Waals surface area contributed by atoms with Gasteiger partial charge in [0.05, 0.1) is 4.91 Å². The summed E-state index contributed by atoms with van der Waals surface area (Å²) in [7, 11) is 0. The van der Waals surface area contributed by atoms with E-state index in [0.717, 1.165) is 16.2 Å². The van der Waals surface area contributed by atoms with Gasteiger partial charge in [0.25, 0.3) is 0 Å². The molecule has 1 heterocycles. The Morgan fingerprint density at radius 1 is 0.833 bits per heavy atom. The third-order valence-corrected chi connectivity index (χ3v) is 3.68. The summed E-state index contributed by atoms with van der Waals surface area (Å²) < 4.78 is 1.70. The van der Waals surface area contributed by atoms with Crippen LogP contribution in [0.4, 0.5) is 0 Å². The molecule has 0 spiro atoms. The average Bonchev–Trinajstić information content (AvgIpc) is 2.83. The van der Waals surface area contributed by atoms with E-state index in [1.54, 1.807) is 4.68 Å². The molecule has 3 rings (SSSR count). The molecule has 0 saturated carbocycles. The topological polar surface area (TPSA) is 17.1 Å². The van der Waals surface area contributed by atoms with Crippen LogP contribution in [-0.2, 0) is 0 Å². The van der Waals surface area contributed by atoms with Crippen LogP contribution in [0.15, 0.2) is 60.7 Å². The molecule has 0 bridgehead atoms. The van der Waals surface area contributed by atoms with Gasteiger partial charge in [0, 0.05) is 5.56 Å². The number of benzene rings is 2. The lowest BCUT2D eigenvalue weighted by Gasteiger charge is -2.05. The number of hydrogen-bond acceptors (Lipinski definition) is 1. The molecule has 18 heavy (non-hydrogen) atoms. The van der Waals surface area contributed by atoms with Crippen LogP contribution in [0.2, 0.25) is 0 Å². The highest BCUT2D eigenvalue weighted by Crippen LogP contribution is 2.45. The Morgan fingerprint density at radius 3 is 2.00 bits per heavy atom. The summed E-state index contributed by atoms with van der Waals surface area (Å²) in [6.45, 7) is 3.96. The quantitative estimate of drug-likeness (QED) is 0.579. The molecule has 0 saturated heterocycles. The fraction of sp³-hybridized carbons (Fsp3) is 0. The molecule has 0 unspecified atom stereocenters. The largest absolute Gasteiger partial charge is 0.372 e. The first-order valence-electron chi connectivity index (χ1n) is 5.70. The predicted molar refractivity (Wildman–Crippen MR) is 78.0 cm³/mol. The van der Waals surface area contributed by atoms with Crippen LogP contribution in [0.1, 0.15) is 11.1 Å². The van der Waals surface area contributed by atoms with Gasteiger partial charge >= 0.3 is 0 Å². The van der Waals surface area contributed by atoms with E-state index < -0.39 is 0 Å². The monoisotopic (exact) mass is 252 g/mol. The summed E-state index contributed by atoms with van der Waals surface area (Å²) in [5.41, 5.74) is 3.38. The fourth-order valence-electron chi connectivity index (χ4n) is 1.95. The van der Waals surface area contributed by atoms with Crippen molar-refractivity contribution in [1.82, 2.24) is 0 Å². The first-order chi connectivity index (χ1) is 8.86. The zero-order valence-corrected chi connectivity index (χ0v) is 10.6. The molecule has 0 atom stereocenters. The lowest BCUT2D eigenvalue weighted by Crippen LogP contribution is -1.97. The normalized spacial score (nSPS) is 14.8. The molecule has 0 aliphatic carbocycles. The third-order valence-electron chi connectivity index (χ3n) is 2.79. The lowest BCUT2D eigenvalue weighted by molar-refractivity contribution is -0.345. The van der Waals surface area contributed by atoms with Gasteiger partial charge in [0.15, 0.2) is 0 Å². The average molecular weight is 252 g/mol. The van der Waals surface area contributed by atoms with Crippen LogP contribution in [0.5, 0.6) is 0 Å². The molecule has 0 aromatic heterocycles. The molecule has 0 N–H and O–H groups in total. The minimum atomic E-state index is 1.06. The molecule has 0 radical (unpaired) electrons. The molecule has 0 amide bonds. The third kappa shape index (κ3) is 1.93. The Kier molecular flexibility index (Phi) is 2.90. The Hall–Kier alpha value is -2.00. The second-order valence-electron chi connectivity index (χ2n) is 3.98. The zero-order valence-electron chi connectivity index (χ0n) is 9.78. The van der Waals surface area contributed by atoms with Gasteiger partial charge in [-0.3, -0.25) is 0 Å². The second-order valence-corrected chi connectivity index (χ2v) is 4.74. The van der Waals surface area contributed by atoms with Crippen LogP contribution < -0.4 is 0 Å². The highest BCUT2D eigenvalue weighted by molar-refractivity contribution is 8.10. The number of hydrogen-bond donors (Lipinski definition) is 0. The van der Waals surface area contributed by atoms with Crippen molar-refractivity contribution in [2.45, 2.75) is 0 Å². The van der Waals surface area contributed by atoms with E-state index in [2.05, 4.69) is 35.8 Å². The van der Waals surface area contributed by atoms with Crippen LogP contribution in [0.25, 0.3) is 15.4 Å². The number of nitrogens with zero attached hydrogens (tertiary/aromatic N) is 2. The molecule has 2 aromatic rings. The van der Waals surface area contributed by atoms with Crippen molar-refractivity contribution in [3.63, 3.8) is 0 Å². The van der Waals surface area contributed by atoms with E-state index in [0.29, 0.717) is 0 Å². The van der Waals surface area contributed by atoms with Crippen LogP contribution in [0, 0.1) is 0 Å². The van der Waals surface area contributed by atoms with Crippen molar-refractivity contribution >= 4 is 29.3 Å². The van der Waals surface area contributed by atoms with E-state index in [-0.39, 0.29) is 0 Å². The van der Waals surface area contributed by atoms with Gasteiger partial charge in [-0.05, 0) is 17.7 Å². The Labute approximate surface area is 111 Å². The molecular formula is C15H12N2S. The molecule has 88 valence electrons. The van der Waals surface area contributed by atoms with Crippen molar-refractivity contribution in [3.8, 4) is 0 Å². The Balaban J connectivity index is 2.16. The van der Waals surface area contributed by atoms with Gasteiger partial charge in [0.2, 0.25) is 5.70 Å². The summed E-state index contributed by atoms with van der Waals surface area (Å²) >= 11 is 1.47. The predicted octanol–water partition coefficient (Wildman–Crippen LogP) is 4.18. The molecule has 1 aliphatic rings. The van der Waals surface area contributed by atoms with Gasteiger partial charge in [-0.25, -0.2) is 4.68 Å². The summed E-state index contributed by atoms with van der Waals surface area (Å²) in [5, 5.41) is 0. The van der Waals surface area contributed by atoms with Crippen LogP contribution in [-0.4, -0.2) is 11.4 Å². The fourth-order valence-corrected chi connectivity index (χ4v) is 2.76. The Bertz CT molecular complexity index is 603. The SMILES string of the molecule is C=[N+]1[N-]SC(c2ccccc2)=C1c1ccccc1. The van der Waals surface area contributed by atoms with E-state index in [1.807, 2.05) is 36.4 Å². The van der Waals surface area contributed by atoms with Crippen molar-refractivity contribution < 1.29 is 4.68 Å². The van der Waals surface area contributed by atoms with Gasteiger partial charge in [0.1, 0.15) is 6.72 Å². The minimum Gasteiger partial charge on any atom is -0.372 e. The Morgan fingerprint density at radius 2 is 1.39 bits per heavy atom. The summed E-state index contributed by atoms with van der Waals surface area (Å²) in [4.78, 5) is 5.47. The molecule has 3 heteroatoms. The minimum absolute atomic E-state index is 1.06. The molecular weight excluding hydrogens is 240 g/mol. The van der Waals surface area contributed by atoms with Gasteiger partial charge in [-0.1, -0.05) is 48.5 Å². The molecule has 2 nitrogen and oxygen atoms in total. The summed E-state index contributed by atoms with van der Waals surface area (Å²) in [6.07, 6.45) is 0. The highest BCUT2D eigenvalue weighted by Gasteiger charge is 2.21. The van der Waals surface area contributed by atoms with Crippen molar-refractivity contribution in [2.24, 2.45) is 0 Å². The second kappa shape index (κ2) is 4.70. The first-order valence-corrected chi connectivity index (χ1v) is 6.47. The number of rotatable bonds is 2. The van der Waals surface area contributed by atoms with E-state index >= 15 is 0 Å². The highest BCUT2D eigenvalue weighted by atomic mass is 32.2. The van der Waals surface area contributed by atoms with Crippen LogP contribution >= 0.6 is 11.9 Å². The smallest absolute Gasteiger partial charge is 0.221 e. The van der Waals surface area contributed by atoms with Gasteiger partial charge < -0.3 is 4.83 Å². The molecule has 0 fully saturated rings. The first kappa shape index (κ1) is 11.1. The maximum Gasteiger partial charge on any atom is 0.221 e. The summed E-state index contributed by atoms with van der Waals surface area (Å²) in [5.74, 6) is 0. The van der Waals surface area contributed by atoms with E-state index in [9.17, 15) is 0 Å². The van der Waals surface area contributed by atoms with E-state index in [1.165, 1.54) is 17.5 Å². The van der Waals surface area contributed by atoms with Crippen LogP contribution in [0.3, 0.4) is 0 Å². The maximum absolute atomic E-state index is 4.32. The standard InChI is InChI=1S/C15H12N2S/c1-17-14(12-8-4-2-5-9-12)15(18-16-17)13-10-6-3-7-11-13/h2-11H,1H2. The zero-order chi connectivity index (χ0) is 12.4. The summed E-state index contributed by atoms with van der Waals surface area (Å²) in [6, 6.07) is 20.5. The van der Waals surface area contributed by atoms with Gasteiger partial charge in [-0.15, -0.1) is 0 Å². The maximum atomic E-state index is 4.32. The van der Waals surface area contributed by atoms with E-state index in [4.69, 9.17) is 0 Å². The van der Waals surface area contributed by atoms with Crippen molar-refractivity contribution in [1.29, 1.82) is 0 Å².